The van der Waals surface area contributed by atoms with E-state index in [1.165, 1.54) is 0 Å². The molecule has 0 bridgehead atoms. The van der Waals surface area contributed by atoms with Crippen LogP contribution in [-0.4, -0.2) is 11.4 Å². The number of benzene rings is 1. The molecule has 0 unspecified atom stereocenters. The topological polar surface area (TPSA) is 26.3 Å². The molecule has 0 amide bonds. The van der Waals surface area contributed by atoms with E-state index in [-0.39, 0.29) is 11.4 Å². The van der Waals surface area contributed by atoms with Gasteiger partial charge in [0, 0.05) is 10.0 Å². The van der Waals surface area contributed by atoms with Gasteiger partial charge in [-0.15, -0.1) is 0 Å². The van der Waals surface area contributed by atoms with Crippen molar-refractivity contribution in [3.05, 3.63) is 28.2 Å². The number of hydrogen-bond donors (Lipinski definition) is 0. The summed E-state index contributed by atoms with van der Waals surface area (Å²) in [4.78, 5) is 11.2. The Labute approximate surface area is 105 Å². The molecule has 0 radical (unpaired) electrons. The van der Waals surface area contributed by atoms with E-state index in [0.717, 1.165) is 16.6 Å². The van der Waals surface area contributed by atoms with Gasteiger partial charge in [-0.1, -0.05) is 6.92 Å². The molecule has 0 aliphatic carbocycles. The highest BCUT2D eigenvalue weighted by Crippen LogP contribution is 2.27. The first-order chi connectivity index (χ1) is 7.35. The smallest absolute Gasteiger partial charge is 0.160 e. The summed E-state index contributed by atoms with van der Waals surface area (Å²) in [6.07, 6.45) is 0.930. The van der Waals surface area contributed by atoms with Gasteiger partial charge >= 0.3 is 0 Å². The minimum absolute atomic E-state index is 0.0492. The third kappa shape index (κ3) is 3.34. The third-order valence-corrected chi connectivity index (χ3v) is 3.22. The van der Waals surface area contributed by atoms with Crippen molar-refractivity contribution in [2.24, 2.45) is 0 Å². The number of hydrogen-bond acceptors (Lipinski definition) is 2. The number of Topliss-reactive ketones (excluding diaryl/α,β-unsaturated/α-hetero) is 1. The summed E-state index contributed by atoms with van der Waals surface area (Å²) < 4.78 is 6.61. The Morgan fingerprint density at radius 3 is 2.50 bits per heavy atom. The van der Waals surface area contributed by atoms with Crippen LogP contribution in [0.5, 0.6) is 5.75 Å². The number of rotatable bonds is 4. The molecular weight excluding hydrogens is 268 g/mol. The van der Waals surface area contributed by atoms with Crippen LogP contribution in [0.1, 0.15) is 44.5 Å². The first-order valence-corrected chi connectivity index (χ1v) is 6.14. The Balaban J connectivity index is 2.94. The largest absolute Gasteiger partial charge is 0.488 e. The Kier molecular flexibility index (Phi) is 4.14. The highest BCUT2D eigenvalue weighted by Gasteiger charge is 2.17. The van der Waals surface area contributed by atoms with Crippen LogP contribution in [-0.2, 0) is 0 Å². The second-order valence-electron chi connectivity index (χ2n) is 4.41. The lowest BCUT2D eigenvalue weighted by atomic mass is 10.1. The van der Waals surface area contributed by atoms with Gasteiger partial charge in [0.05, 0.1) is 0 Å². The van der Waals surface area contributed by atoms with Gasteiger partial charge in [0.15, 0.2) is 5.78 Å². The van der Waals surface area contributed by atoms with Crippen molar-refractivity contribution in [1.82, 2.24) is 0 Å². The molecule has 0 N–H and O–H groups in total. The molecule has 0 saturated heterocycles. The summed E-state index contributed by atoms with van der Waals surface area (Å²) in [6, 6.07) is 5.46. The number of halogens is 1. The van der Waals surface area contributed by atoms with Gasteiger partial charge in [-0.2, -0.15) is 0 Å². The Bertz CT molecular complexity index is 397. The van der Waals surface area contributed by atoms with Crippen LogP contribution in [0.25, 0.3) is 0 Å². The fourth-order valence-corrected chi connectivity index (χ4v) is 1.87. The number of ketones is 1. The standard InChI is InChI=1S/C13H17BrO2/c1-5-13(3,4)16-10-6-7-11(9(2)15)12(14)8-10/h6-8H,5H2,1-4H3. The lowest BCUT2D eigenvalue weighted by molar-refractivity contribution is 0.101. The average molecular weight is 285 g/mol. The van der Waals surface area contributed by atoms with E-state index in [2.05, 4.69) is 22.9 Å². The van der Waals surface area contributed by atoms with Crippen LogP contribution in [0.3, 0.4) is 0 Å². The van der Waals surface area contributed by atoms with Crippen molar-refractivity contribution in [1.29, 1.82) is 0 Å². The molecule has 1 aromatic carbocycles. The maximum Gasteiger partial charge on any atom is 0.160 e. The van der Waals surface area contributed by atoms with Gasteiger partial charge in [0.1, 0.15) is 11.4 Å². The summed E-state index contributed by atoms with van der Waals surface area (Å²) in [6.45, 7) is 7.72. The molecule has 0 heterocycles. The third-order valence-electron chi connectivity index (χ3n) is 2.57. The summed E-state index contributed by atoms with van der Waals surface area (Å²) in [5.74, 6) is 0.830. The maximum atomic E-state index is 11.2. The molecule has 1 aromatic rings. The summed E-state index contributed by atoms with van der Waals surface area (Å²) >= 11 is 3.38. The molecule has 16 heavy (non-hydrogen) atoms. The first kappa shape index (κ1) is 13.2. The van der Waals surface area contributed by atoms with Gasteiger partial charge in [0.2, 0.25) is 0 Å². The van der Waals surface area contributed by atoms with Crippen molar-refractivity contribution in [2.45, 2.75) is 39.7 Å². The molecule has 0 aromatic heterocycles. The van der Waals surface area contributed by atoms with Crippen molar-refractivity contribution in [2.75, 3.05) is 0 Å². The molecule has 88 valence electrons. The molecule has 3 heteroatoms. The predicted molar refractivity (Wildman–Crippen MR) is 69.1 cm³/mol. The summed E-state index contributed by atoms with van der Waals surface area (Å²) in [5, 5.41) is 0. The van der Waals surface area contributed by atoms with Crippen LogP contribution in [0.4, 0.5) is 0 Å². The van der Waals surface area contributed by atoms with Gasteiger partial charge < -0.3 is 4.74 Å². The Morgan fingerprint density at radius 1 is 1.44 bits per heavy atom. The minimum atomic E-state index is -0.183. The number of carbonyl (C=O) groups excluding carboxylic acids is 1. The van der Waals surface area contributed by atoms with Crippen LogP contribution >= 0.6 is 15.9 Å². The molecule has 0 fully saturated rings. The van der Waals surface area contributed by atoms with Crippen molar-refractivity contribution >= 4 is 21.7 Å². The van der Waals surface area contributed by atoms with E-state index in [1.807, 2.05) is 26.0 Å². The monoisotopic (exact) mass is 284 g/mol. The van der Waals surface area contributed by atoms with E-state index in [0.29, 0.717) is 5.56 Å². The molecule has 0 aliphatic rings. The highest BCUT2D eigenvalue weighted by molar-refractivity contribution is 9.10. The summed E-state index contributed by atoms with van der Waals surface area (Å²) in [7, 11) is 0. The van der Waals surface area contributed by atoms with Crippen molar-refractivity contribution in [3.63, 3.8) is 0 Å². The van der Waals surface area contributed by atoms with Gasteiger partial charge in [-0.3, -0.25) is 4.79 Å². The van der Waals surface area contributed by atoms with Crippen LogP contribution in [0.2, 0.25) is 0 Å². The van der Waals surface area contributed by atoms with Crippen LogP contribution in [0.15, 0.2) is 22.7 Å². The van der Waals surface area contributed by atoms with E-state index >= 15 is 0 Å². The normalized spacial score (nSPS) is 11.3. The molecule has 2 nitrogen and oxygen atoms in total. The number of carbonyl (C=O) groups is 1. The molecule has 0 spiro atoms. The van der Waals surface area contributed by atoms with Gasteiger partial charge in [-0.25, -0.2) is 0 Å². The van der Waals surface area contributed by atoms with E-state index in [9.17, 15) is 4.79 Å². The SMILES string of the molecule is CCC(C)(C)Oc1ccc(C(C)=O)c(Br)c1. The lowest BCUT2D eigenvalue weighted by Crippen LogP contribution is -2.26. The van der Waals surface area contributed by atoms with Crippen molar-refractivity contribution in [3.8, 4) is 5.75 Å². The second-order valence-corrected chi connectivity index (χ2v) is 5.27. The fraction of sp³-hybridized carbons (Fsp3) is 0.462. The predicted octanol–water partition coefficient (Wildman–Crippen LogP) is 4.22. The Hall–Kier alpha value is -0.830. The molecular formula is C13H17BrO2. The van der Waals surface area contributed by atoms with Crippen LogP contribution in [0, 0.1) is 0 Å². The minimum Gasteiger partial charge on any atom is -0.488 e. The van der Waals surface area contributed by atoms with E-state index in [1.54, 1.807) is 13.0 Å². The maximum absolute atomic E-state index is 11.2. The van der Waals surface area contributed by atoms with Gasteiger partial charge in [-0.05, 0) is 61.3 Å². The number of ether oxygens (including phenoxy) is 1. The molecule has 1 rings (SSSR count). The highest BCUT2D eigenvalue weighted by atomic mass is 79.9. The molecule has 0 saturated carbocycles. The second kappa shape index (κ2) is 5.00. The Morgan fingerprint density at radius 2 is 2.06 bits per heavy atom. The fourth-order valence-electron chi connectivity index (χ4n) is 1.24. The van der Waals surface area contributed by atoms with Crippen LogP contribution < -0.4 is 4.74 Å². The lowest BCUT2D eigenvalue weighted by Gasteiger charge is -2.25. The van der Waals surface area contributed by atoms with Gasteiger partial charge in [0.25, 0.3) is 0 Å². The first-order valence-electron chi connectivity index (χ1n) is 5.35. The molecule has 0 atom stereocenters. The average Bonchev–Trinajstić information content (AvgIpc) is 2.16. The zero-order valence-electron chi connectivity index (χ0n) is 10.1. The van der Waals surface area contributed by atoms with Crippen molar-refractivity contribution < 1.29 is 9.53 Å². The summed E-state index contributed by atoms with van der Waals surface area (Å²) in [5.41, 5.74) is 0.499. The zero-order chi connectivity index (χ0) is 12.3. The zero-order valence-corrected chi connectivity index (χ0v) is 11.7. The van der Waals surface area contributed by atoms with E-state index < -0.39 is 0 Å². The van der Waals surface area contributed by atoms with E-state index in [4.69, 9.17) is 4.74 Å². The molecule has 0 aliphatic heterocycles. The quantitative estimate of drug-likeness (QED) is 0.774.